The van der Waals surface area contributed by atoms with Crippen LogP contribution in [-0.2, 0) is 0 Å². The van der Waals surface area contributed by atoms with Crippen molar-refractivity contribution in [2.75, 3.05) is 0 Å². The molecular weight excluding hydrogens is 114 g/mol. The second-order valence-corrected chi connectivity index (χ2v) is 2.24. The third-order valence-electron chi connectivity index (χ3n) is 0.809. The zero-order valence-corrected chi connectivity index (χ0v) is 6.10. The summed E-state index contributed by atoms with van der Waals surface area (Å²) in [6.07, 6.45) is 3.51. The fraction of sp³-hybridized carbons (Fsp3) is 0.429. The van der Waals surface area contributed by atoms with Crippen LogP contribution in [0.1, 0.15) is 20.8 Å². The number of hydrogen-bond acceptors (Lipinski definition) is 2. The van der Waals surface area contributed by atoms with E-state index in [1.54, 1.807) is 0 Å². The first kappa shape index (κ1) is 8.24. The Kier molecular flexibility index (Phi) is 3.80. The first-order valence-electron chi connectivity index (χ1n) is 2.88. The molecule has 0 rings (SSSR count). The van der Waals surface area contributed by atoms with Crippen molar-refractivity contribution in [2.24, 2.45) is 0 Å². The first-order chi connectivity index (χ1) is 4.16. The van der Waals surface area contributed by atoms with Crippen molar-refractivity contribution in [3.8, 4) is 0 Å². The number of nitrogens with one attached hydrogen (secondary N) is 1. The van der Waals surface area contributed by atoms with Gasteiger partial charge in [-0.1, -0.05) is 11.6 Å². The van der Waals surface area contributed by atoms with E-state index in [-0.39, 0.29) is 0 Å². The van der Waals surface area contributed by atoms with Crippen LogP contribution in [0.15, 0.2) is 23.4 Å². The van der Waals surface area contributed by atoms with Crippen LogP contribution >= 0.6 is 0 Å². The number of hydroxylamine groups is 1. The molecule has 9 heavy (non-hydrogen) atoms. The highest BCUT2D eigenvalue weighted by molar-refractivity contribution is 5.18. The second-order valence-electron chi connectivity index (χ2n) is 2.24. The topological polar surface area (TPSA) is 32.3 Å². The Hall–Kier alpha value is -0.760. The van der Waals surface area contributed by atoms with E-state index in [1.807, 2.05) is 32.3 Å². The van der Waals surface area contributed by atoms with E-state index < -0.39 is 0 Å². The van der Waals surface area contributed by atoms with E-state index in [9.17, 15) is 0 Å². The molecule has 0 radical (unpaired) electrons. The van der Waals surface area contributed by atoms with Crippen LogP contribution in [0.5, 0.6) is 0 Å². The predicted octanol–water partition coefficient (Wildman–Crippen LogP) is 1.84. The minimum Gasteiger partial charge on any atom is -0.292 e. The van der Waals surface area contributed by atoms with Crippen LogP contribution in [0.2, 0.25) is 0 Å². The SMILES string of the molecule is CC(C)=C/C(C)=C\NO. The fourth-order valence-electron chi connectivity index (χ4n) is 0.599. The Morgan fingerprint density at radius 2 is 1.89 bits per heavy atom. The van der Waals surface area contributed by atoms with E-state index >= 15 is 0 Å². The second kappa shape index (κ2) is 4.15. The minimum absolute atomic E-state index is 1.01. The molecule has 0 saturated heterocycles. The summed E-state index contributed by atoms with van der Waals surface area (Å²) in [5, 5.41) is 8.19. The van der Waals surface area contributed by atoms with Crippen molar-refractivity contribution >= 4 is 0 Å². The average Bonchev–Trinajstić information content (AvgIpc) is 1.63. The summed E-state index contributed by atoms with van der Waals surface area (Å²) >= 11 is 0. The molecular formula is C7H13NO. The average molecular weight is 127 g/mol. The molecule has 0 saturated carbocycles. The van der Waals surface area contributed by atoms with Gasteiger partial charge in [0.1, 0.15) is 0 Å². The number of hydrogen-bond donors (Lipinski definition) is 2. The zero-order valence-electron chi connectivity index (χ0n) is 6.10. The molecule has 0 bridgehead atoms. The van der Waals surface area contributed by atoms with Crippen LogP contribution in [-0.4, -0.2) is 5.21 Å². The van der Waals surface area contributed by atoms with Crippen molar-refractivity contribution in [3.63, 3.8) is 0 Å². The monoisotopic (exact) mass is 127 g/mol. The highest BCUT2D eigenvalue weighted by Gasteiger charge is 1.79. The molecule has 0 aromatic rings. The first-order valence-corrected chi connectivity index (χ1v) is 2.88. The molecule has 0 heterocycles. The van der Waals surface area contributed by atoms with Crippen LogP contribution in [0.3, 0.4) is 0 Å². The van der Waals surface area contributed by atoms with Crippen molar-refractivity contribution in [3.05, 3.63) is 23.4 Å². The van der Waals surface area contributed by atoms with Gasteiger partial charge in [0.2, 0.25) is 0 Å². The van der Waals surface area contributed by atoms with Gasteiger partial charge in [-0.2, -0.15) is 0 Å². The minimum atomic E-state index is 1.01. The Morgan fingerprint density at radius 1 is 1.33 bits per heavy atom. The van der Waals surface area contributed by atoms with E-state index in [0.717, 1.165) is 5.57 Å². The quantitative estimate of drug-likeness (QED) is 0.438. The Balaban J connectivity index is 3.90. The van der Waals surface area contributed by atoms with Crippen molar-refractivity contribution in [1.82, 2.24) is 5.48 Å². The molecule has 0 unspecified atom stereocenters. The molecule has 0 aliphatic rings. The van der Waals surface area contributed by atoms with Gasteiger partial charge in [-0.25, -0.2) is 0 Å². The lowest BCUT2D eigenvalue weighted by molar-refractivity contribution is 0.213. The van der Waals surface area contributed by atoms with Crippen LogP contribution in [0, 0.1) is 0 Å². The smallest absolute Gasteiger partial charge is 0.0269 e. The van der Waals surface area contributed by atoms with Gasteiger partial charge in [-0.05, 0) is 26.3 Å². The summed E-state index contributed by atoms with van der Waals surface area (Å²) in [6.45, 7) is 5.93. The molecule has 0 atom stereocenters. The molecule has 2 heteroatoms. The lowest BCUT2D eigenvalue weighted by atomic mass is 10.2. The van der Waals surface area contributed by atoms with Crippen molar-refractivity contribution in [1.29, 1.82) is 0 Å². The van der Waals surface area contributed by atoms with Crippen LogP contribution in [0.4, 0.5) is 0 Å². The van der Waals surface area contributed by atoms with Gasteiger partial charge in [0.05, 0.1) is 0 Å². The highest BCUT2D eigenvalue weighted by Crippen LogP contribution is 1.97. The van der Waals surface area contributed by atoms with Gasteiger partial charge in [-0.15, -0.1) is 0 Å². The molecule has 0 amide bonds. The highest BCUT2D eigenvalue weighted by atomic mass is 16.5. The van der Waals surface area contributed by atoms with Crippen molar-refractivity contribution in [2.45, 2.75) is 20.8 Å². The van der Waals surface area contributed by atoms with Gasteiger partial charge in [-0.3, -0.25) is 10.7 Å². The molecule has 2 nitrogen and oxygen atoms in total. The Bertz CT molecular complexity index is 132. The molecule has 0 aliphatic heterocycles. The van der Waals surface area contributed by atoms with Crippen LogP contribution < -0.4 is 5.48 Å². The molecule has 0 aliphatic carbocycles. The van der Waals surface area contributed by atoms with E-state index in [1.165, 1.54) is 11.8 Å². The largest absolute Gasteiger partial charge is 0.292 e. The van der Waals surface area contributed by atoms with E-state index in [0.29, 0.717) is 0 Å². The van der Waals surface area contributed by atoms with Gasteiger partial charge in [0, 0.05) is 6.20 Å². The molecule has 0 fully saturated rings. The number of allylic oxidation sites excluding steroid dienone is 3. The summed E-state index contributed by atoms with van der Waals surface area (Å²) in [5.74, 6) is 0. The Labute approximate surface area is 55.8 Å². The van der Waals surface area contributed by atoms with E-state index in [4.69, 9.17) is 5.21 Å². The van der Waals surface area contributed by atoms with Gasteiger partial charge < -0.3 is 0 Å². The predicted molar refractivity (Wildman–Crippen MR) is 38.1 cm³/mol. The molecule has 52 valence electrons. The lowest BCUT2D eigenvalue weighted by Gasteiger charge is -1.91. The molecule has 0 spiro atoms. The lowest BCUT2D eigenvalue weighted by Crippen LogP contribution is -1.94. The summed E-state index contributed by atoms with van der Waals surface area (Å²) < 4.78 is 0. The Morgan fingerprint density at radius 3 is 2.22 bits per heavy atom. The standard InChI is InChI=1S/C7H13NO/c1-6(2)4-7(3)5-8-9/h4-5,8-9H,1-3H3/b7-5-. The number of rotatable bonds is 2. The molecule has 2 N–H and O–H groups in total. The summed E-state index contributed by atoms with van der Waals surface area (Å²) in [4.78, 5) is 0. The van der Waals surface area contributed by atoms with Gasteiger partial charge >= 0.3 is 0 Å². The third-order valence-corrected chi connectivity index (χ3v) is 0.809. The fourth-order valence-corrected chi connectivity index (χ4v) is 0.599. The molecule has 0 aromatic carbocycles. The maximum Gasteiger partial charge on any atom is 0.0269 e. The zero-order chi connectivity index (χ0) is 7.28. The summed E-state index contributed by atoms with van der Waals surface area (Å²) in [6, 6.07) is 0. The van der Waals surface area contributed by atoms with Crippen molar-refractivity contribution < 1.29 is 5.21 Å². The summed E-state index contributed by atoms with van der Waals surface area (Å²) in [7, 11) is 0. The maximum atomic E-state index is 8.19. The van der Waals surface area contributed by atoms with Gasteiger partial charge in [0.25, 0.3) is 0 Å². The normalized spacial score (nSPS) is 10.9. The van der Waals surface area contributed by atoms with Gasteiger partial charge in [0.15, 0.2) is 0 Å². The van der Waals surface area contributed by atoms with E-state index in [2.05, 4.69) is 0 Å². The maximum absolute atomic E-state index is 8.19. The van der Waals surface area contributed by atoms with Crippen LogP contribution in [0.25, 0.3) is 0 Å². The molecule has 0 aromatic heterocycles. The third kappa shape index (κ3) is 5.11. The summed E-state index contributed by atoms with van der Waals surface area (Å²) in [5.41, 5.74) is 4.20.